The molecule has 1 aromatic carbocycles. The number of aromatic amines is 1. The number of nitrogens with zero attached hydrogens (tertiary/aromatic N) is 2. The van der Waals surface area contributed by atoms with Crippen LogP contribution in [0.1, 0.15) is 18.4 Å². The van der Waals surface area contributed by atoms with Crippen LogP contribution in [0.15, 0.2) is 30.5 Å². The van der Waals surface area contributed by atoms with Crippen LogP contribution in [0.25, 0.3) is 10.9 Å². The SMILES string of the molecule is O=C(N1CCOCC1)C1(F)CCCN(Cc2cccc3[nH]ccc23)C1. The van der Waals surface area contributed by atoms with Crippen molar-refractivity contribution >= 4 is 16.8 Å². The number of carbonyl (C=O) groups is 1. The Labute approximate surface area is 146 Å². The van der Waals surface area contributed by atoms with Crippen molar-refractivity contribution in [2.75, 3.05) is 39.4 Å². The zero-order valence-electron chi connectivity index (χ0n) is 14.3. The molecule has 3 heterocycles. The molecule has 5 nitrogen and oxygen atoms in total. The van der Waals surface area contributed by atoms with Gasteiger partial charge in [0.25, 0.3) is 5.91 Å². The fourth-order valence-corrected chi connectivity index (χ4v) is 3.98. The van der Waals surface area contributed by atoms with Crippen molar-refractivity contribution in [1.82, 2.24) is 14.8 Å². The van der Waals surface area contributed by atoms with Crippen LogP contribution in [0.2, 0.25) is 0 Å². The topological polar surface area (TPSA) is 48.6 Å². The number of nitrogens with one attached hydrogen (secondary N) is 1. The molecule has 2 aromatic rings. The Bertz CT molecular complexity index is 756. The number of carbonyl (C=O) groups excluding carboxylic acids is 1. The summed E-state index contributed by atoms with van der Waals surface area (Å²) >= 11 is 0. The van der Waals surface area contributed by atoms with Gasteiger partial charge in [-0.15, -0.1) is 0 Å². The van der Waals surface area contributed by atoms with E-state index in [0.717, 1.165) is 17.4 Å². The summed E-state index contributed by atoms with van der Waals surface area (Å²) in [6.07, 6.45) is 2.94. The highest BCUT2D eigenvalue weighted by Gasteiger charge is 2.45. The van der Waals surface area contributed by atoms with Gasteiger partial charge in [0.05, 0.1) is 13.2 Å². The summed E-state index contributed by atoms with van der Waals surface area (Å²) in [5, 5.41) is 1.16. The van der Waals surface area contributed by atoms with Gasteiger partial charge >= 0.3 is 0 Å². The van der Waals surface area contributed by atoms with E-state index in [2.05, 4.69) is 22.0 Å². The average molecular weight is 345 g/mol. The van der Waals surface area contributed by atoms with Gasteiger partial charge < -0.3 is 14.6 Å². The second-order valence-electron chi connectivity index (χ2n) is 7.04. The summed E-state index contributed by atoms with van der Waals surface area (Å²) in [5.41, 5.74) is 0.481. The Morgan fingerprint density at radius 1 is 1.24 bits per heavy atom. The predicted octanol–water partition coefficient (Wildman–Crippen LogP) is 2.33. The molecular formula is C19H24FN3O2. The maximum atomic E-state index is 15.5. The van der Waals surface area contributed by atoms with Crippen LogP contribution >= 0.6 is 0 Å². The average Bonchev–Trinajstić information content (AvgIpc) is 3.12. The normalized spacial score (nSPS) is 25.4. The van der Waals surface area contributed by atoms with E-state index in [1.807, 2.05) is 18.3 Å². The van der Waals surface area contributed by atoms with Gasteiger partial charge in [0.2, 0.25) is 5.67 Å². The first-order chi connectivity index (χ1) is 12.2. The van der Waals surface area contributed by atoms with Crippen LogP contribution in [0.5, 0.6) is 0 Å². The number of morpholine rings is 1. The Morgan fingerprint density at radius 3 is 2.92 bits per heavy atom. The molecule has 2 fully saturated rings. The van der Waals surface area contributed by atoms with Crippen molar-refractivity contribution in [3.8, 4) is 0 Å². The number of hydrogen-bond acceptors (Lipinski definition) is 3. The summed E-state index contributed by atoms with van der Waals surface area (Å²) < 4.78 is 20.8. The molecule has 0 bridgehead atoms. The van der Waals surface area contributed by atoms with Crippen LogP contribution in [0.3, 0.4) is 0 Å². The molecule has 1 amide bonds. The van der Waals surface area contributed by atoms with Crippen molar-refractivity contribution in [3.63, 3.8) is 0 Å². The molecule has 0 saturated carbocycles. The molecule has 1 N–H and O–H groups in total. The lowest BCUT2D eigenvalue weighted by molar-refractivity contribution is -0.152. The number of ether oxygens (including phenoxy) is 1. The van der Waals surface area contributed by atoms with Gasteiger partial charge in [-0.1, -0.05) is 12.1 Å². The van der Waals surface area contributed by atoms with Crippen LogP contribution in [0.4, 0.5) is 4.39 Å². The molecular weight excluding hydrogens is 321 g/mol. The predicted molar refractivity (Wildman–Crippen MR) is 94.0 cm³/mol. The van der Waals surface area contributed by atoms with E-state index in [0.29, 0.717) is 45.7 Å². The fraction of sp³-hybridized carbons (Fsp3) is 0.526. The maximum absolute atomic E-state index is 15.5. The molecule has 4 rings (SSSR count). The van der Waals surface area contributed by atoms with Crippen LogP contribution in [0, 0.1) is 0 Å². The molecule has 0 aliphatic carbocycles. The molecule has 2 aliphatic heterocycles. The standard InChI is InChI=1S/C19H24FN3O2/c20-19(18(24)23-9-11-25-12-10-23)6-2-8-22(14-19)13-15-3-1-4-17-16(15)5-7-21-17/h1,3-5,7,21H,2,6,8-14H2. The van der Waals surface area contributed by atoms with Gasteiger partial charge in [-0.3, -0.25) is 9.69 Å². The number of piperidine rings is 1. The zero-order chi connectivity index (χ0) is 17.3. The van der Waals surface area contributed by atoms with Crippen molar-refractivity contribution < 1.29 is 13.9 Å². The second kappa shape index (κ2) is 6.77. The van der Waals surface area contributed by atoms with E-state index in [1.165, 1.54) is 5.56 Å². The number of fused-ring (bicyclic) bond motifs is 1. The Balaban J connectivity index is 1.48. The lowest BCUT2D eigenvalue weighted by atomic mass is 9.92. The quantitative estimate of drug-likeness (QED) is 0.929. The first-order valence-corrected chi connectivity index (χ1v) is 8.99. The number of H-pyrrole nitrogens is 1. The number of halogens is 1. The number of rotatable bonds is 3. The highest BCUT2D eigenvalue weighted by atomic mass is 19.1. The molecule has 6 heteroatoms. The number of amides is 1. The molecule has 2 aliphatic rings. The van der Waals surface area contributed by atoms with Crippen LogP contribution in [-0.2, 0) is 16.1 Å². The van der Waals surface area contributed by atoms with Crippen molar-refractivity contribution in [3.05, 3.63) is 36.0 Å². The number of alkyl halides is 1. The van der Waals surface area contributed by atoms with E-state index < -0.39 is 5.67 Å². The molecule has 1 atom stereocenters. The molecule has 1 aromatic heterocycles. The summed E-state index contributed by atoms with van der Waals surface area (Å²) in [5.74, 6) is -0.361. The molecule has 134 valence electrons. The van der Waals surface area contributed by atoms with E-state index >= 15 is 4.39 Å². The fourth-order valence-electron chi connectivity index (χ4n) is 3.98. The first kappa shape index (κ1) is 16.5. The smallest absolute Gasteiger partial charge is 0.261 e. The molecule has 25 heavy (non-hydrogen) atoms. The van der Waals surface area contributed by atoms with E-state index in [4.69, 9.17) is 4.74 Å². The summed E-state index contributed by atoms with van der Waals surface area (Å²) in [6.45, 7) is 3.65. The summed E-state index contributed by atoms with van der Waals surface area (Å²) in [6, 6.07) is 8.18. The number of likely N-dealkylation sites (tertiary alicyclic amines) is 1. The Hall–Kier alpha value is -1.92. The molecule has 0 spiro atoms. The zero-order valence-corrected chi connectivity index (χ0v) is 14.3. The van der Waals surface area contributed by atoms with Gasteiger partial charge in [-0.2, -0.15) is 0 Å². The minimum atomic E-state index is -1.78. The molecule has 2 saturated heterocycles. The number of aromatic nitrogens is 1. The van der Waals surface area contributed by atoms with Crippen LogP contribution in [-0.4, -0.2) is 65.8 Å². The van der Waals surface area contributed by atoms with Gasteiger partial charge in [0.15, 0.2) is 0 Å². The Morgan fingerprint density at radius 2 is 2.08 bits per heavy atom. The largest absolute Gasteiger partial charge is 0.378 e. The van der Waals surface area contributed by atoms with Crippen molar-refractivity contribution in [2.24, 2.45) is 0 Å². The Kier molecular flexibility index (Phi) is 4.48. The number of hydrogen-bond donors (Lipinski definition) is 1. The molecule has 0 radical (unpaired) electrons. The minimum Gasteiger partial charge on any atom is -0.378 e. The third-order valence-electron chi connectivity index (χ3n) is 5.28. The number of benzene rings is 1. The van der Waals surface area contributed by atoms with Crippen LogP contribution < -0.4 is 0 Å². The summed E-state index contributed by atoms with van der Waals surface area (Å²) in [4.78, 5) is 19.6. The minimum absolute atomic E-state index is 0.171. The third-order valence-corrected chi connectivity index (χ3v) is 5.28. The van der Waals surface area contributed by atoms with Crippen molar-refractivity contribution in [2.45, 2.75) is 25.1 Å². The highest BCUT2D eigenvalue weighted by molar-refractivity contribution is 5.86. The van der Waals surface area contributed by atoms with Gasteiger partial charge in [0.1, 0.15) is 0 Å². The first-order valence-electron chi connectivity index (χ1n) is 8.99. The monoisotopic (exact) mass is 345 g/mol. The van der Waals surface area contributed by atoms with E-state index in [1.54, 1.807) is 4.90 Å². The highest BCUT2D eigenvalue weighted by Crippen LogP contribution is 2.30. The van der Waals surface area contributed by atoms with Gasteiger partial charge in [0, 0.05) is 43.3 Å². The van der Waals surface area contributed by atoms with Crippen molar-refractivity contribution in [1.29, 1.82) is 0 Å². The lowest BCUT2D eigenvalue weighted by Gasteiger charge is -2.40. The third kappa shape index (κ3) is 3.28. The second-order valence-corrected chi connectivity index (χ2v) is 7.04. The lowest BCUT2D eigenvalue weighted by Crippen LogP contribution is -2.57. The summed E-state index contributed by atoms with van der Waals surface area (Å²) in [7, 11) is 0. The van der Waals surface area contributed by atoms with Gasteiger partial charge in [-0.05, 0) is 37.1 Å². The molecule has 1 unspecified atom stereocenters. The maximum Gasteiger partial charge on any atom is 0.261 e. The van der Waals surface area contributed by atoms with E-state index in [9.17, 15) is 4.79 Å². The van der Waals surface area contributed by atoms with E-state index in [-0.39, 0.29) is 12.5 Å². The van der Waals surface area contributed by atoms with Gasteiger partial charge in [-0.25, -0.2) is 4.39 Å².